The van der Waals surface area contributed by atoms with Crippen molar-refractivity contribution in [3.05, 3.63) is 52.7 Å². The number of thiophene rings is 1. The fourth-order valence-corrected chi connectivity index (χ4v) is 5.31. The Balaban J connectivity index is 1.50. The first-order chi connectivity index (χ1) is 15.9. The fraction of sp³-hybridized carbons (Fsp3) is 0.480. The molecule has 176 valence electrons. The first-order valence-corrected chi connectivity index (χ1v) is 12.5. The molecule has 0 aliphatic carbocycles. The van der Waals surface area contributed by atoms with Gasteiger partial charge < -0.3 is 20.0 Å². The summed E-state index contributed by atoms with van der Waals surface area (Å²) >= 11 is 1.44. The van der Waals surface area contributed by atoms with E-state index in [1.807, 2.05) is 52.7 Å². The summed E-state index contributed by atoms with van der Waals surface area (Å²) in [6.07, 6.45) is 2.08. The van der Waals surface area contributed by atoms with E-state index in [2.05, 4.69) is 24.1 Å². The summed E-state index contributed by atoms with van der Waals surface area (Å²) in [7, 11) is 0. The molecule has 1 atom stereocenters. The second kappa shape index (κ2) is 9.95. The van der Waals surface area contributed by atoms with Crippen molar-refractivity contribution >= 4 is 34.7 Å². The lowest BCUT2D eigenvalue weighted by Crippen LogP contribution is -2.57. The highest BCUT2D eigenvalue weighted by Crippen LogP contribution is 2.39. The van der Waals surface area contributed by atoms with Gasteiger partial charge in [0.15, 0.2) is 0 Å². The lowest BCUT2D eigenvalue weighted by atomic mass is 9.85. The Labute approximate surface area is 199 Å². The molecular formula is C25H32N4O3S. The molecule has 1 N–H and O–H groups in total. The SMILES string of the molecule is CCC(C)CNC(=O)CN1CN(c2ccccc2)C2(CCN(C(=O)c3cccs3)CC2)C1=O. The van der Waals surface area contributed by atoms with Crippen molar-refractivity contribution in [2.24, 2.45) is 5.92 Å². The third-order valence-electron chi connectivity index (χ3n) is 6.87. The van der Waals surface area contributed by atoms with Crippen molar-refractivity contribution in [1.82, 2.24) is 15.1 Å². The average Bonchev–Trinajstić information content (AvgIpc) is 3.47. The van der Waals surface area contributed by atoms with E-state index in [4.69, 9.17) is 0 Å². The molecule has 1 unspecified atom stereocenters. The van der Waals surface area contributed by atoms with E-state index >= 15 is 0 Å². The normalized spacial score (nSPS) is 18.6. The van der Waals surface area contributed by atoms with Gasteiger partial charge in [-0.1, -0.05) is 44.5 Å². The van der Waals surface area contributed by atoms with E-state index in [0.29, 0.717) is 45.1 Å². The summed E-state index contributed by atoms with van der Waals surface area (Å²) in [4.78, 5) is 45.5. The zero-order valence-electron chi connectivity index (χ0n) is 19.3. The van der Waals surface area contributed by atoms with Crippen molar-refractivity contribution < 1.29 is 14.4 Å². The molecule has 0 bridgehead atoms. The van der Waals surface area contributed by atoms with Crippen molar-refractivity contribution in [2.75, 3.05) is 37.7 Å². The number of hydrogen-bond donors (Lipinski definition) is 1. The van der Waals surface area contributed by atoms with Gasteiger partial charge in [0.2, 0.25) is 5.91 Å². The molecule has 2 aliphatic rings. The number of likely N-dealkylation sites (tertiary alicyclic amines) is 1. The highest BCUT2D eigenvalue weighted by atomic mass is 32.1. The molecule has 0 radical (unpaired) electrons. The van der Waals surface area contributed by atoms with Crippen molar-refractivity contribution in [3.8, 4) is 0 Å². The van der Waals surface area contributed by atoms with Gasteiger partial charge in [0, 0.05) is 25.3 Å². The number of carbonyl (C=O) groups is 3. The van der Waals surface area contributed by atoms with Crippen LogP contribution in [0.2, 0.25) is 0 Å². The lowest BCUT2D eigenvalue weighted by molar-refractivity contribution is -0.137. The molecular weight excluding hydrogens is 436 g/mol. The van der Waals surface area contributed by atoms with Gasteiger partial charge in [-0.15, -0.1) is 11.3 Å². The van der Waals surface area contributed by atoms with E-state index in [0.717, 1.165) is 17.0 Å². The molecule has 3 amide bonds. The van der Waals surface area contributed by atoms with Crippen LogP contribution in [-0.2, 0) is 9.59 Å². The van der Waals surface area contributed by atoms with Crippen LogP contribution in [0.1, 0.15) is 42.8 Å². The smallest absolute Gasteiger partial charge is 0.263 e. The molecule has 2 saturated heterocycles. The number of hydrogen-bond acceptors (Lipinski definition) is 5. The summed E-state index contributed by atoms with van der Waals surface area (Å²) in [6, 6.07) is 13.6. The Morgan fingerprint density at radius 3 is 2.48 bits per heavy atom. The lowest BCUT2D eigenvalue weighted by Gasteiger charge is -2.43. The molecule has 1 spiro atoms. The monoisotopic (exact) mass is 468 g/mol. The van der Waals surface area contributed by atoms with Gasteiger partial charge in [0.05, 0.1) is 11.5 Å². The number of benzene rings is 1. The van der Waals surface area contributed by atoms with Crippen LogP contribution in [0.25, 0.3) is 0 Å². The molecule has 1 aromatic heterocycles. The minimum atomic E-state index is -0.732. The van der Waals surface area contributed by atoms with E-state index in [1.165, 1.54) is 11.3 Å². The van der Waals surface area contributed by atoms with Crippen LogP contribution in [0.5, 0.6) is 0 Å². The number of piperidine rings is 1. The number of carbonyl (C=O) groups excluding carboxylic acids is 3. The third kappa shape index (κ3) is 4.76. The third-order valence-corrected chi connectivity index (χ3v) is 7.73. The number of rotatable bonds is 7. The Bertz CT molecular complexity index is 971. The highest BCUT2D eigenvalue weighted by molar-refractivity contribution is 7.12. The Kier molecular flexibility index (Phi) is 7.02. The first kappa shape index (κ1) is 23.3. The number of anilines is 1. The zero-order chi connectivity index (χ0) is 23.4. The number of amides is 3. The average molecular weight is 469 g/mol. The second-order valence-electron chi connectivity index (χ2n) is 9.03. The summed E-state index contributed by atoms with van der Waals surface area (Å²) < 4.78 is 0. The maximum atomic E-state index is 13.7. The number of nitrogens with zero attached hydrogens (tertiary/aromatic N) is 3. The van der Waals surface area contributed by atoms with Gasteiger partial charge in [-0.3, -0.25) is 14.4 Å². The van der Waals surface area contributed by atoms with Crippen LogP contribution in [0.4, 0.5) is 5.69 Å². The molecule has 0 saturated carbocycles. The van der Waals surface area contributed by atoms with Gasteiger partial charge in [-0.25, -0.2) is 0 Å². The van der Waals surface area contributed by atoms with Crippen molar-refractivity contribution in [2.45, 2.75) is 38.6 Å². The van der Waals surface area contributed by atoms with Crippen LogP contribution in [-0.4, -0.2) is 65.9 Å². The standard InChI is InChI=1S/C25H32N4O3S/c1-3-19(2)16-26-22(30)17-28-18-29(20-8-5-4-6-9-20)25(24(28)32)11-13-27(14-12-25)23(31)21-10-7-15-33-21/h4-10,15,19H,3,11-14,16-18H2,1-2H3,(H,26,30). The Hall–Kier alpha value is -2.87. The predicted molar refractivity (Wildman–Crippen MR) is 130 cm³/mol. The maximum Gasteiger partial charge on any atom is 0.263 e. The molecule has 33 heavy (non-hydrogen) atoms. The van der Waals surface area contributed by atoms with Crippen molar-refractivity contribution in [3.63, 3.8) is 0 Å². The summed E-state index contributed by atoms with van der Waals surface area (Å²) in [5.41, 5.74) is 0.233. The predicted octanol–water partition coefficient (Wildman–Crippen LogP) is 3.19. The Morgan fingerprint density at radius 2 is 1.85 bits per heavy atom. The van der Waals surface area contributed by atoms with E-state index < -0.39 is 5.54 Å². The topological polar surface area (TPSA) is 73.0 Å². The van der Waals surface area contributed by atoms with Crippen LogP contribution in [0, 0.1) is 5.92 Å². The van der Waals surface area contributed by atoms with Crippen LogP contribution in [0.3, 0.4) is 0 Å². The van der Waals surface area contributed by atoms with Crippen LogP contribution < -0.4 is 10.2 Å². The largest absolute Gasteiger partial charge is 0.354 e. The van der Waals surface area contributed by atoms with Crippen LogP contribution >= 0.6 is 11.3 Å². The fourth-order valence-electron chi connectivity index (χ4n) is 4.62. The molecule has 7 nitrogen and oxygen atoms in total. The molecule has 4 rings (SSSR count). The van der Waals surface area contributed by atoms with Gasteiger partial charge in [0.1, 0.15) is 12.1 Å². The molecule has 2 aliphatic heterocycles. The summed E-state index contributed by atoms with van der Waals surface area (Å²) in [5, 5.41) is 4.86. The quantitative estimate of drug-likeness (QED) is 0.677. The minimum absolute atomic E-state index is 0.0201. The van der Waals surface area contributed by atoms with Gasteiger partial charge in [0.25, 0.3) is 11.8 Å². The van der Waals surface area contributed by atoms with E-state index in [1.54, 1.807) is 4.90 Å². The van der Waals surface area contributed by atoms with Crippen molar-refractivity contribution in [1.29, 1.82) is 0 Å². The number of para-hydroxylation sites is 1. The molecule has 2 fully saturated rings. The molecule has 3 heterocycles. The van der Waals surface area contributed by atoms with Gasteiger partial charge in [-0.05, 0) is 42.3 Å². The molecule has 1 aromatic carbocycles. The van der Waals surface area contributed by atoms with E-state index in [-0.39, 0.29) is 24.3 Å². The number of nitrogens with one attached hydrogen (secondary N) is 1. The maximum absolute atomic E-state index is 13.7. The summed E-state index contributed by atoms with van der Waals surface area (Å²) in [5.74, 6) is 0.283. The van der Waals surface area contributed by atoms with E-state index in [9.17, 15) is 14.4 Å². The van der Waals surface area contributed by atoms with Gasteiger partial charge in [-0.2, -0.15) is 0 Å². The second-order valence-corrected chi connectivity index (χ2v) is 9.97. The zero-order valence-corrected chi connectivity index (χ0v) is 20.1. The van der Waals surface area contributed by atoms with Crippen LogP contribution in [0.15, 0.2) is 47.8 Å². The highest BCUT2D eigenvalue weighted by Gasteiger charge is 2.54. The van der Waals surface area contributed by atoms with Gasteiger partial charge >= 0.3 is 0 Å². The summed E-state index contributed by atoms with van der Waals surface area (Å²) in [6.45, 7) is 6.26. The molecule has 8 heteroatoms. The minimum Gasteiger partial charge on any atom is -0.354 e. The Morgan fingerprint density at radius 1 is 1.12 bits per heavy atom. The molecule has 2 aromatic rings. The first-order valence-electron chi connectivity index (χ1n) is 11.7.